The van der Waals surface area contributed by atoms with Gasteiger partial charge in [-0.3, -0.25) is 14.5 Å². The Morgan fingerprint density at radius 2 is 1.79 bits per heavy atom. The van der Waals surface area contributed by atoms with Gasteiger partial charge in [-0.15, -0.1) is 0 Å². The molecule has 7 nitrogen and oxygen atoms in total. The zero-order chi connectivity index (χ0) is 19.5. The first kappa shape index (κ1) is 19.1. The molecule has 2 unspecified atom stereocenters. The Balaban J connectivity index is 1.25. The zero-order valence-electron chi connectivity index (χ0n) is 16.5. The first-order chi connectivity index (χ1) is 13.6. The second-order valence-electron chi connectivity index (χ2n) is 8.05. The molecular weight excluding hydrogens is 358 g/mol. The lowest BCUT2D eigenvalue weighted by atomic mass is 10.0. The average molecular weight is 387 g/mol. The van der Waals surface area contributed by atoms with Crippen molar-refractivity contribution in [2.45, 2.75) is 25.9 Å². The molecule has 2 amide bonds. The number of hydrogen-bond donors (Lipinski definition) is 0. The summed E-state index contributed by atoms with van der Waals surface area (Å²) in [6.45, 7) is 7.30. The number of ether oxygens (including phenoxy) is 2. The van der Waals surface area contributed by atoms with Gasteiger partial charge in [0.1, 0.15) is 6.61 Å². The van der Waals surface area contributed by atoms with E-state index in [9.17, 15) is 9.59 Å². The van der Waals surface area contributed by atoms with Crippen LogP contribution in [-0.4, -0.2) is 85.0 Å². The van der Waals surface area contributed by atoms with Crippen LogP contribution in [0.15, 0.2) is 24.3 Å². The van der Waals surface area contributed by atoms with Crippen LogP contribution in [0.4, 0.5) is 0 Å². The predicted octanol–water partition coefficient (Wildman–Crippen LogP) is 1.23. The first-order valence-corrected chi connectivity index (χ1v) is 10.3. The number of fused-ring (bicyclic) bond motifs is 1. The third kappa shape index (κ3) is 4.24. The molecule has 0 aliphatic carbocycles. The minimum Gasteiger partial charge on any atom is -0.485 e. The van der Waals surface area contributed by atoms with E-state index in [1.54, 1.807) is 0 Å². The fraction of sp³-hybridized carbons (Fsp3) is 0.619. The maximum atomic E-state index is 12.8. The third-order valence-corrected chi connectivity index (χ3v) is 5.84. The molecule has 1 aromatic rings. The van der Waals surface area contributed by atoms with Crippen molar-refractivity contribution in [1.82, 2.24) is 14.7 Å². The quantitative estimate of drug-likeness (QED) is 0.781. The van der Waals surface area contributed by atoms with Gasteiger partial charge in [0.15, 0.2) is 11.5 Å². The smallest absolute Gasteiger partial charge is 0.267 e. The molecule has 4 rings (SSSR count). The van der Waals surface area contributed by atoms with E-state index < -0.39 is 6.10 Å². The van der Waals surface area contributed by atoms with Gasteiger partial charge in [-0.1, -0.05) is 19.1 Å². The fourth-order valence-electron chi connectivity index (χ4n) is 4.18. The molecule has 3 aliphatic rings. The van der Waals surface area contributed by atoms with E-state index in [1.165, 1.54) is 6.42 Å². The van der Waals surface area contributed by atoms with Crippen molar-refractivity contribution in [1.29, 1.82) is 0 Å². The van der Waals surface area contributed by atoms with Crippen molar-refractivity contribution in [3.05, 3.63) is 24.3 Å². The highest BCUT2D eigenvalue weighted by molar-refractivity contribution is 5.82. The molecule has 0 aromatic heterocycles. The Morgan fingerprint density at radius 1 is 1.04 bits per heavy atom. The number of rotatable bonds is 3. The van der Waals surface area contributed by atoms with Crippen molar-refractivity contribution in [2.24, 2.45) is 5.92 Å². The van der Waals surface area contributed by atoms with E-state index >= 15 is 0 Å². The molecule has 7 heteroatoms. The highest BCUT2D eigenvalue weighted by Crippen LogP contribution is 2.31. The van der Waals surface area contributed by atoms with E-state index in [0.29, 0.717) is 50.1 Å². The summed E-state index contributed by atoms with van der Waals surface area (Å²) in [5, 5.41) is 0. The fourth-order valence-corrected chi connectivity index (χ4v) is 4.18. The summed E-state index contributed by atoms with van der Waals surface area (Å²) in [7, 11) is 0. The van der Waals surface area contributed by atoms with E-state index in [1.807, 2.05) is 34.1 Å². The van der Waals surface area contributed by atoms with Crippen LogP contribution in [-0.2, 0) is 9.59 Å². The van der Waals surface area contributed by atoms with Gasteiger partial charge in [0.05, 0.1) is 6.54 Å². The van der Waals surface area contributed by atoms with E-state index in [-0.39, 0.29) is 18.4 Å². The summed E-state index contributed by atoms with van der Waals surface area (Å²) < 4.78 is 11.5. The molecular formula is C21H29N3O4. The minimum atomic E-state index is -0.599. The Labute approximate surface area is 166 Å². The maximum absolute atomic E-state index is 12.8. The molecule has 2 atom stereocenters. The van der Waals surface area contributed by atoms with Gasteiger partial charge in [-0.2, -0.15) is 0 Å². The van der Waals surface area contributed by atoms with Crippen LogP contribution >= 0.6 is 0 Å². The number of piperazine rings is 1. The maximum Gasteiger partial charge on any atom is 0.267 e. The minimum absolute atomic E-state index is 0.0367. The van der Waals surface area contributed by atoms with Crippen LogP contribution in [0, 0.1) is 5.92 Å². The molecule has 152 valence electrons. The van der Waals surface area contributed by atoms with E-state index in [0.717, 1.165) is 19.5 Å². The molecule has 28 heavy (non-hydrogen) atoms. The molecule has 1 aromatic carbocycles. The molecule has 0 radical (unpaired) electrons. The lowest BCUT2D eigenvalue weighted by Gasteiger charge is -2.38. The SMILES string of the molecule is CC1CCCN(C(=O)CN2CCN(C(=O)C3COc4ccccc4O3)CC2)C1. The highest BCUT2D eigenvalue weighted by atomic mass is 16.6. The Hall–Kier alpha value is -2.28. The lowest BCUT2D eigenvalue weighted by molar-refractivity contribution is -0.143. The molecule has 0 spiro atoms. The number of piperidine rings is 1. The molecule has 3 heterocycles. The van der Waals surface area contributed by atoms with Crippen molar-refractivity contribution in [3.63, 3.8) is 0 Å². The summed E-state index contributed by atoms with van der Waals surface area (Å²) in [6, 6.07) is 7.41. The van der Waals surface area contributed by atoms with Gasteiger partial charge in [-0.25, -0.2) is 0 Å². The van der Waals surface area contributed by atoms with Crippen LogP contribution in [0.3, 0.4) is 0 Å². The van der Waals surface area contributed by atoms with E-state index in [2.05, 4.69) is 11.8 Å². The molecule has 2 fully saturated rings. The predicted molar refractivity (Wildman–Crippen MR) is 104 cm³/mol. The number of hydrogen-bond acceptors (Lipinski definition) is 5. The second kappa shape index (κ2) is 8.39. The topological polar surface area (TPSA) is 62.3 Å². The van der Waals surface area contributed by atoms with Crippen molar-refractivity contribution < 1.29 is 19.1 Å². The number of nitrogens with zero attached hydrogens (tertiary/aromatic N) is 3. The number of carbonyl (C=O) groups is 2. The van der Waals surface area contributed by atoms with Gasteiger partial charge in [0, 0.05) is 39.3 Å². The number of likely N-dealkylation sites (tertiary alicyclic amines) is 1. The van der Waals surface area contributed by atoms with Gasteiger partial charge in [-0.05, 0) is 30.9 Å². The Morgan fingerprint density at radius 3 is 2.54 bits per heavy atom. The summed E-state index contributed by atoms with van der Waals surface area (Å²) in [5.74, 6) is 2.07. The second-order valence-corrected chi connectivity index (χ2v) is 8.05. The van der Waals surface area contributed by atoms with Crippen LogP contribution in [0.1, 0.15) is 19.8 Å². The first-order valence-electron chi connectivity index (χ1n) is 10.3. The lowest BCUT2D eigenvalue weighted by Crippen LogP contribution is -2.55. The normalized spacial score (nSPS) is 25.5. The molecule has 0 bridgehead atoms. The summed E-state index contributed by atoms with van der Waals surface area (Å²) in [6.07, 6.45) is 1.71. The number of para-hydroxylation sites is 2. The summed E-state index contributed by atoms with van der Waals surface area (Å²) in [4.78, 5) is 31.3. The van der Waals surface area contributed by atoms with Crippen LogP contribution < -0.4 is 9.47 Å². The largest absolute Gasteiger partial charge is 0.485 e. The molecule has 3 aliphatic heterocycles. The van der Waals surface area contributed by atoms with Crippen molar-refractivity contribution in [3.8, 4) is 11.5 Å². The highest BCUT2D eigenvalue weighted by Gasteiger charge is 2.33. The van der Waals surface area contributed by atoms with Crippen LogP contribution in [0.2, 0.25) is 0 Å². The third-order valence-electron chi connectivity index (χ3n) is 5.84. The van der Waals surface area contributed by atoms with Crippen molar-refractivity contribution in [2.75, 3.05) is 52.4 Å². The molecule has 2 saturated heterocycles. The number of amides is 2. The summed E-state index contributed by atoms with van der Waals surface area (Å²) >= 11 is 0. The van der Waals surface area contributed by atoms with Crippen molar-refractivity contribution >= 4 is 11.8 Å². The molecule has 0 saturated carbocycles. The van der Waals surface area contributed by atoms with Crippen LogP contribution in [0.5, 0.6) is 11.5 Å². The van der Waals surface area contributed by atoms with E-state index in [4.69, 9.17) is 9.47 Å². The van der Waals surface area contributed by atoms with Gasteiger partial charge >= 0.3 is 0 Å². The number of benzene rings is 1. The Kier molecular flexibility index (Phi) is 5.71. The monoisotopic (exact) mass is 387 g/mol. The van der Waals surface area contributed by atoms with Gasteiger partial charge < -0.3 is 19.3 Å². The van der Waals surface area contributed by atoms with Gasteiger partial charge in [0.2, 0.25) is 12.0 Å². The van der Waals surface area contributed by atoms with Gasteiger partial charge in [0.25, 0.3) is 5.91 Å². The average Bonchev–Trinajstić information content (AvgIpc) is 2.73. The Bertz CT molecular complexity index is 717. The molecule has 0 N–H and O–H groups in total. The number of carbonyl (C=O) groups excluding carboxylic acids is 2. The van der Waals surface area contributed by atoms with Crippen LogP contribution in [0.25, 0.3) is 0 Å². The zero-order valence-corrected chi connectivity index (χ0v) is 16.5. The summed E-state index contributed by atoms with van der Waals surface area (Å²) in [5.41, 5.74) is 0. The standard InChI is InChI=1S/C21H29N3O4/c1-16-5-4-8-24(13-16)20(25)14-22-9-11-23(12-10-22)21(26)19-15-27-17-6-2-3-7-18(17)28-19/h2-3,6-7,16,19H,4-5,8-15H2,1H3.